The van der Waals surface area contributed by atoms with Crippen LogP contribution in [0, 0.1) is 0 Å². The zero-order valence-electron chi connectivity index (χ0n) is 11.4. The highest BCUT2D eigenvalue weighted by atomic mass is 16.1. The fourth-order valence-corrected chi connectivity index (χ4v) is 3.66. The van der Waals surface area contributed by atoms with Gasteiger partial charge in [-0.05, 0) is 31.0 Å². The number of aliphatic imine (C=N–C) groups is 1. The first-order valence-electron chi connectivity index (χ1n) is 7.12. The standard InChI is InChI=1S/C16H20N2O/c1-18-10-13(11-18)14-6-2-3-7-15(14)16(17-12-19)8-4-5-9-16/h2-3,6-7,13H,4-5,8-11H2,1H3. The Bertz CT molecular complexity index is 507. The Hall–Kier alpha value is -1.44. The van der Waals surface area contributed by atoms with Gasteiger partial charge in [0, 0.05) is 19.0 Å². The maximum Gasteiger partial charge on any atom is 0.235 e. The molecule has 3 rings (SSSR count). The van der Waals surface area contributed by atoms with Crippen LogP contribution in [-0.4, -0.2) is 31.1 Å². The number of rotatable bonds is 3. The third-order valence-electron chi connectivity index (χ3n) is 4.66. The second-order valence-corrected chi connectivity index (χ2v) is 5.95. The van der Waals surface area contributed by atoms with Crippen LogP contribution in [0.5, 0.6) is 0 Å². The van der Waals surface area contributed by atoms with Gasteiger partial charge in [-0.2, -0.15) is 4.99 Å². The van der Waals surface area contributed by atoms with Gasteiger partial charge < -0.3 is 4.90 Å². The molecule has 1 saturated carbocycles. The van der Waals surface area contributed by atoms with Gasteiger partial charge in [0.25, 0.3) is 0 Å². The van der Waals surface area contributed by atoms with Crippen molar-refractivity contribution in [3.63, 3.8) is 0 Å². The molecule has 1 saturated heterocycles. The van der Waals surface area contributed by atoms with Crippen LogP contribution in [0.4, 0.5) is 0 Å². The summed E-state index contributed by atoms with van der Waals surface area (Å²) in [6.07, 6.45) is 6.11. The van der Waals surface area contributed by atoms with Crippen molar-refractivity contribution in [2.45, 2.75) is 37.1 Å². The lowest BCUT2D eigenvalue weighted by molar-refractivity contribution is 0.187. The monoisotopic (exact) mass is 256 g/mol. The summed E-state index contributed by atoms with van der Waals surface area (Å²) in [4.78, 5) is 17.4. The van der Waals surface area contributed by atoms with Crippen molar-refractivity contribution in [1.82, 2.24) is 4.90 Å². The fourth-order valence-electron chi connectivity index (χ4n) is 3.66. The van der Waals surface area contributed by atoms with Gasteiger partial charge in [-0.1, -0.05) is 37.1 Å². The summed E-state index contributed by atoms with van der Waals surface area (Å²) in [5, 5.41) is 0. The Labute approximate surface area is 114 Å². The van der Waals surface area contributed by atoms with E-state index in [2.05, 4.69) is 41.2 Å². The van der Waals surface area contributed by atoms with Crippen molar-refractivity contribution < 1.29 is 4.79 Å². The highest BCUT2D eigenvalue weighted by Gasteiger charge is 2.39. The number of likely N-dealkylation sites (N-methyl/N-ethyl adjacent to an activating group) is 1. The first kappa shape index (κ1) is 12.6. The maximum absolute atomic E-state index is 10.9. The Balaban J connectivity index is 2.01. The molecule has 0 radical (unpaired) electrons. The second-order valence-electron chi connectivity index (χ2n) is 5.95. The number of benzene rings is 1. The van der Waals surface area contributed by atoms with Crippen LogP contribution < -0.4 is 0 Å². The Morgan fingerprint density at radius 3 is 2.58 bits per heavy atom. The first-order chi connectivity index (χ1) is 9.25. The van der Waals surface area contributed by atoms with Crippen LogP contribution in [0.3, 0.4) is 0 Å². The molecule has 0 atom stereocenters. The molecular formula is C16H20N2O. The molecule has 2 aliphatic rings. The smallest absolute Gasteiger partial charge is 0.235 e. The summed E-state index contributed by atoms with van der Waals surface area (Å²) in [5.74, 6) is 0.598. The molecule has 1 aromatic rings. The summed E-state index contributed by atoms with van der Waals surface area (Å²) in [6.45, 7) is 2.22. The molecule has 0 N–H and O–H groups in total. The molecule has 1 aromatic carbocycles. The van der Waals surface area contributed by atoms with Crippen molar-refractivity contribution in [2.75, 3.05) is 20.1 Å². The summed E-state index contributed by atoms with van der Waals surface area (Å²) >= 11 is 0. The number of hydrogen-bond acceptors (Lipinski definition) is 3. The van der Waals surface area contributed by atoms with Gasteiger partial charge >= 0.3 is 0 Å². The molecule has 0 unspecified atom stereocenters. The molecule has 1 aliphatic carbocycles. The molecule has 19 heavy (non-hydrogen) atoms. The largest absolute Gasteiger partial charge is 0.305 e. The molecule has 3 heteroatoms. The number of carbonyl (C=O) groups excluding carboxylic acids is 1. The highest BCUT2D eigenvalue weighted by Crippen LogP contribution is 2.45. The first-order valence-corrected chi connectivity index (χ1v) is 7.12. The number of isocyanates is 1. The maximum atomic E-state index is 10.9. The lowest BCUT2D eigenvalue weighted by atomic mass is 9.79. The van der Waals surface area contributed by atoms with E-state index in [9.17, 15) is 4.79 Å². The van der Waals surface area contributed by atoms with E-state index >= 15 is 0 Å². The minimum absolute atomic E-state index is 0.285. The predicted molar refractivity (Wildman–Crippen MR) is 74.9 cm³/mol. The lowest BCUT2D eigenvalue weighted by Crippen LogP contribution is -2.42. The Kier molecular flexibility index (Phi) is 3.26. The van der Waals surface area contributed by atoms with Gasteiger partial charge in [-0.25, -0.2) is 4.79 Å². The number of likely N-dealkylation sites (tertiary alicyclic amines) is 1. The van der Waals surface area contributed by atoms with Crippen LogP contribution in [-0.2, 0) is 10.3 Å². The van der Waals surface area contributed by atoms with E-state index in [-0.39, 0.29) is 5.54 Å². The average Bonchev–Trinajstić information content (AvgIpc) is 2.85. The van der Waals surface area contributed by atoms with Gasteiger partial charge in [0.1, 0.15) is 0 Å². The molecule has 0 amide bonds. The van der Waals surface area contributed by atoms with Gasteiger partial charge in [-0.3, -0.25) is 0 Å². The minimum atomic E-state index is -0.285. The van der Waals surface area contributed by atoms with Gasteiger partial charge in [-0.15, -0.1) is 0 Å². The SMILES string of the molecule is CN1CC(c2ccccc2C2(N=C=O)CCCC2)C1. The zero-order valence-corrected chi connectivity index (χ0v) is 11.4. The van der Waals surface area contributed by atoms with E-state index in [1.165, 1.54) is 11.1 Å². The van der Waals surface area contributed by atoms with Gasteiger partial charge in [0.05, 0.1) is 5.54 Å². The minimum Gasteiger partial charge on any atom is -0.305 e. The average molecular weight is 256 g/mol. The summed E-state index contributed by atoms with van der Waals surface area (Å²) in [7, 11) is 2.15. The second kappa shape index (κ2) is 4.92. The Morgan fingerprint density at radius 2 is 1.95 bits per heavy atom. The van der Waals surface area contributed by atoms with Crippen LogP contribution in [0.2, 0.25) is 0 Å². The molecule has 3 nitrogen and oxygen atoms in total. The van der Waals surface area contributed by atoms with Crippen LogP contribution in [0.15, 0.2) is 29.3 Å². The Morgan fingerprint density at radius 1 is 1.26 bits per heavy atom. The molecular weight excluding hydrogens is 236 g/mol. The van der Waals surface area contributed by atoms with Crippen LogP contribution in [0.25, 0.3) is 0 Å². The summed E-state index contributed by atoms with van der Waals surface area (Å²) in [5.41, 5.74) is 2.38. The van der Waals surface area contributed by atoms with Gasteiger partial charge in [0.2, 0.25) is 6.08 Å². The zero-order chi connectivity index (χ0) is 13.3. The molecule has 1 heterocycles. The molecule has 2 fully saturated rings. The fraction of sp³-hybridized carbons (Fsp3) is 0.562. The van der Waals surface area contributed by atoms with Crippen molar-refractivity contribution in [3.05, 3.63) is 35.4 Å². The number of nitrogens with zero attached hydrogens (tertiary/aromatic N) is 2. The van der Waals surface area contributed by atoms with Crippen molar-refractivity contribution >= 4 is 6.08 Å². The van der Waals surface area contributed by atoms with Crippen LogP contribution in [0.1, 0.15) is 42.7 Å². The molecule has 1 aliphatic heterocycles. The number of hydrogen-bond donors (Lipinski definition) is 0. The molecule has 0 bridgehead atoms. The normalized spacial score (nSPS) is 22.8. The molecule has 0 spiro atoms. The highest BCUT2D eigenvalue weighted by molar-refractivity contribution is 5.43. The van der Waals surface area contributed by atoms with Gasteiger partial charge in [0.15, 0.2) is 0 Å². The van der Waals surface area contributed by atoms with E-state index in [1.54, 1.807) is 0 Å². The van der Waals surface area contributed by atoms with Crippen molar-refractivity contribution in [3.8, 4) is 0 Å². The summed E-state index contributed by atoms with van der Waals surface area (Å²) in [6, 6.07) is 8.55. The molecule has 100 valence electrons. The van der Waals surface area contributed by atoms with Crippen molar-refractivity contribution in [2.24, 2.45) is 4.99 Å². The van der Waals surface area contributed by atoms with E-state index in [4.69, 9.17) is 0 Å². The summed E-state index contributed by atoms with van der Waals surface area (Å²) < 4.78 is 0. The third-order valence-corrected chi connectivity index (χ3v) is 4.66. The lowest BCUT2D eigenvalue weighted by Gasteiger charge is -2.39. The topological polar surface area (TPSA) is 32.7 Å². The van der Waals surface area contributed by atoms with E-state index in [0.717, 1.165) is 38.8 Å². The van der Waals surface area contributed by atoms with Crippen molar-refractivity contribution in [1.29, 1.82) is 0 Å². The third kappa shape index (κ3) is 2.13. The van der Waals surface area contributed by atoms with Crippen LogP contribution >= 0.6 is 0 Å². The quantitative estimate of drug-likeness (QED) is 0.615. The predicted octanol–water partition coefficient (Wildman–Crippen LogP) is 2.82. The van der Waals surface area contributed by atoms with E-state index in [0.29, 0.717) is 5.92 Å². The molecule has 0 aromatic heterocycles. The van der Waals surface area contributed by atoms with E-state index in [1.807, 2.05) is 6.08 Å². The van der Waals surface area contributed by atoms with E-state index < -0.39 is 0 Å².